The van der Waals surface area contributed by atoms with Crippen molar-refractivity contribution in [3.63, 3.8) is 0 Å². The standard InChI is InChI=1S/C20H37N/c1-4-5-6-7-8-9-18-14-17(16(2)3)10-11-19(18)15-21-20-12-13-20/h4,16-21H,1,5-15H2,2-3H3. The Balaban J connectivity index is 1.74. The highest BCUT2D eigenvalue weighted by atomic mass is 14.9. The van der Waals surface area contributed by atoms with Crippen LogP contribution in [0.3, 0.4) is 0 Å². The summed E-state index contributed by atoms with van der Waals surface area (Å²) in [6, 6.07) is 0.876. The summed E-state index contributed by atoms with van der Waals surface area (Å²) in [7, 11) is 0. The molecule has 0 aromatic carbocycles. The summed E-state index contributed by atoms with van der Waals surface area (Å²) in [5.74, 6) is 3.81. The minimum absolute atomic E-state index is 0.876. The van der Waals surface area contributed by atoms with Crippen molar-refractivity contribution in [1.82, 2.24) is 5.32 Å². The first-order valence-corrected chi connectivity index (χ1v) is 9.55. The second-order valence-corrected chi connectivity index (χ2v) is 7.95. The highest BCUT2D eigenvalue weighted by Gasteiger charge is 2.32. The Morgan fingerprint density at radius 2 is 1.86 bits per heavy atom. The molecule has 2 saturated carbocycles. The van der Waals surface area contributed by atoms with Crippen molar-refractivity contribution in [3.8, 4) is 0 Å². The minimum atomic E-state index is 0.876. The van der Waals surface area contributed by atoms with Gasteiger partial charge in [0.05, 0.1) is 0 Å². The molecular formula is C20H37N. The fourth-order valence-corrected chi connectivity index (χ4v) is 4.07. The topological polar surface area (TPSA) is 12.0 Å². The molecule has 122 valence electrons. The van der Waals surface area contributed by atoms with Gasteiger partial charge in [0.15, 0.2) is 0 Å². The monoisotopic (exact) mass is 291 g/mol. The predicted octanol–water partition coefficient (Wildman–Crippen LogP) is 5.56. The Bertz CT molecular complexity index is 292. The molecule has 2 aliphatic carbocycles. The number of hydrogen-bond donors (Lipinski definition) is 1. The first kappa shape index (κ1) is 17.1. The van der Waals surface area contributed by atoms with Crippen LogP contribution >= 0.6 is 0 Å². The normalized spacial score (nSPS) is 29.8. The molecule has 0 aromatic heterocycles. The van der Waals surface area contributed by atoms with Crippen molar-refractivity contribution in [3.05, 3.63) is 12.7 Å². The van der Waals surface area contributed by atoms with E-state index in [0.29, 0.717) is 0 Å². The maximum Gasteiger partial charge on any atom is 0.00683 e. The maximum absolute atomic E-state index is 3.83. The van der Waals surface area contributed by atoms with Gasteiger partial charge >= 0.3 is 0 Å². The molecule has 0 radical (unpaired) electrons. The Morgan fingerprint density at radius 1 is 1.05 bits per heavy atom. The van der Waals surface area contributed by atoms with E-state index in [-0.39, 0.29) is 0 Å². The average Bonchev–Trinajstić information content (AvgIpc) is 3.29. The molecule has 2 rings (SSSR count). The summed E-state index contributed by atoms with van der Waals surface area (Å²) >= 11 is 0. The van der Waals surface area contributed by atoms with Crippen molar-refractivity contribution < 1.29 is 0 Å². The molecule has 0 bridgehead atoms. The SMILES string of the molecule is C=CCCCCCC1CC(C(C)C)CCC1CNC1CC1. The molecule has 0 saturated heterocycles. The van der Waals surface area contributed by atoms with Crippen molar-refractivity contribution in [1.29, 1.82) is 0 Å². The van der Waals surface area contributed by atoms with E-state index in [0.717, 1.165) is 29.7 Å². The third-order valence-corrected chi connectivity index (χ3v) is 5.85. The molecular weight excluding hydrogens is 254 g/mol. The van der Waals surface area contributed by atoms with Crippen LogP contribution in [0, 0.1) is 23.7 Å². The van der Waals surface area contributed by atoms with E-state index in [1.165, 1.54) is 70.8 Å². The molecule has 2 fully saturated rings. The summed E-state index contributed by atoms with van der Waals surface area (Å²) in [5.41, 5.74) is 0. The van der Waals surface area contributed by atoms with Crippen LogP contribution < -0.4 is 5.32 Å². The number of hydrogen-bond acceptors (Lipinski definition) is 1. The van der Waals surface area contributed by atoms with Crippen molar-refractivity contribution in [2.75, 3.05) is 6.54 Å². The third kappa shape index (κ3) is 6.14. The van der Waals surface area contributed by atoms with Crippen LogP contribution in [0.25, 0.3) is 0 Å². The van der Waals surface area contributed by atoms with Gasteiger partial charge in [-0.25, -0.2) is 0 Å². The second-order valence-electron chi connectivity index (χ2n) is 7.95. The number of nitrogens with one attached hydrogen (secondary N) is 1. The molecule has 1 heteroatoms. The smallest absolute Gasteiger partial charge is 0.00683 e. The number of unbranched alkanes of at least 4 members (excludes halogenated alkanes) is 3. The molecule has 0 aliphatic heterocycles. The Morgan fingerprint density at radius 3 is 2.52 bits per heavy atom. The lowest BCUT2D eigenvalue weighted by Crippen LogP contribution is -2.35. The zero-order valence-corrected chi connectivity index (χ0v) is 14.4. The van der Waals surface area contributed by atoms with Gasteiger partial charge in [-0.2, -0.15) is 0 Å². The lowest BCUT2D eigenvalue weighted by atomic mass is 9.69. The van der Waals surface area contributed by atoms with E-state index in [2.05, 4.69) is 31.8 Å². The van der Waals surface area contributed by atoms with Crippen LogP contribution in [0.2, 0.25) is 0 Å². The van der Waals surface area contributed by atoms with Crippen LogP contribution in [0.15, 0.2) is 12.7 Å². The van der Waals surface area contributed by atoms with Gasteiger partial charge < -0.3 is 5.32 Å². The van der Waals surface area contributed by atoms with Gasteiger partial charge in [-0.05, 0) is 75.2 Å². The van der Waals surface area contributed by atoms with Crippen LogP contribution in [0.4, 0.5) is 0 Å². The maximum atomic E-state index is 3.83. The highest BCUT2D eigenvalue weighted by molar-refractivity contribution is 4.87. The first-order chi connectivity index (χ1) is 10.2. The van der Waals surface area contributed by atoms with Gasteiger partial charge in [-0.3, -0.25) is 0 Å². The zero-order chi connectivity index (χ0) is 15.1. The highest BCUT2D eigenvalue weighted by Crippen LogP contribution is 2.40. The van der Waals surface area contributed by atoms with Gasteiger partial charge in [0.1, 0.15) is 0 Å². The molecule has 3 atom stereocenters. The lowest BCUT2D eigenvalue weighted by molar-refractivity contribution is 0.135. The molecule has 0 aromatic rings. The summed E-state index contributed by atoms with van der Waals surface area (Å²) in [6.07, 6.45) is 16.2. The van der Waals surface area contributed by atoms with E-state index in [4.69, 9.17) is 0 Å². The number of allylic oxidation sites excluding steroid dienone is 1. The summed E-state index contributed by atoms with van der Waals surface area (Å²) in [5, 5.41) is 3.80. The van der Waals surface area contributed by atoms with Gasteiger partial charge in [-0.1, -0.05) is 39.2 Å². The van der Waals surface area contributed by atoms with Crippen molar-refractivity contribution in [2.45, 2.75) is 84.1 Å². The van der Waals surface area contributed by atoms with E-state index in [9.17, 15) is 0 Å². The Hall–Kier alpha value is -0.300. The first-order valence-electron chi connectivity index (χ1n) is 9.55. The van der Waals surface area contributed by atoms with Crippen molar-refractivity contribution in [2.24, 2.45) is 23.7 Å². The van der Waals surface area contributed by atoms with Gasteiger partial charge in [-0.15, -0.1) is 6.58 Å². The minimum Gasteiger partial charge on any atom is -0.314 e. The fraction of sp³-hybridized carbons (Fsp3) is 0.900. The predicted molar refractivity (Wildman–Crippen MR) is 93.5 cm³/mol. The van der Waals surface area contributed by atoms with Crippen molar-refractivity contribution >= 4 is 0 Å². The zero-order valence-electron chi connectivity index (χ0n) is 14.4. The summed E-state index contributed by atoms with van der Waals surface area (Å²) < 4.78 is 0. The molecule has 0 amide bonds. The lowest BCUT2D eigenvalue weighted by Gasteiger charge is -2.38. The number of rotatable bonds is 10. The van der Waals surface area contributed by atoms with E-state index < -0.39 is 0 Å². The Kier molecular flexibility index (Phi) is 7.29. The van der Waals surface area contributed by atoms with Gasteiger partial charge in [0.2, 0.25) is 0 Å². The Labute approximate surface area is 133 Å². The van der Waals surface area contributed by atoms with Gasteiger partial charge in [0.25, 0.3) is 0 Å². The van der Waals surface area contributed by atoms with Crippen LogP contribution in [0.5, 0.6) is 0 Å². The molecule has 0 heterocycles. The fourth-order valence-electron chi connectivity index (χ4n) is 4.07. The largest absolute Gasteiger partial charge is 0.314 e. The van der Waals surface area contributed by atoms with Crippen LogP contribution in [-0.2, 0) is 0 Å². The molecule has 1 N–H and O–H groups in total. The van der Waals surface area contributed by atoms with Gasteiger partial charge in [0, 0.05) is 6.04 Å². The second kappa shape index (κ2) is 8.98. The quantitative estimate of drug-likeness (QED) is 0.410. The van der Waals surface area contributed by atoms with Crippen LogP contribution in [0.1, 0.15) is 78.1 Å². The molecule has 0 spiro atoms. The molecule has 2 aliphatic rings. The molecule has 3 unspecified atom stereocenters. The summed E-state index contributed by atoms with van der Waals surface area (Å²) in [6.45, 7) is 9.98. The average molecular weight is 292 g/mol. The van der Waals surface area contributed by atoms with E-state index in [1.807, 2.05) is 0 Å². The summed E-state index contributed by atoms with van der Waals surface area (Å²) in [4.78, 5) is 0. The third-order valence-electron chi connectivity index (χ3n) is 5.85. The van der Waals surface area contributed by atoms with Crippen LogP contribution in [-0.4, -0.2) is 12.6 Å². The molecule has 1 nitrogen and oxygen atoms in total. The van der Waals surface area contributed by atoms with E-state index >= 15 is 0 Å². The molecule has 21 heavy (non-hydrogen) atoms. The van der Waals surface area contributed by atoms with E-state index in [1.54, 1.807) is 0 Å².